The molecule has 0 aromatic heterocycles. The molecule has 1 rings (SSSR count). The molecular weight excluding hydrogens is 510 g/mol. The van der Waals surface area contributed by atoms with Crippen LogP contribution < -0.4 is 38.1 Å². The lowest BCUT2D eigenvalue weighted by molar-refractivity contribution is -0.129. The molecule has 0 bridgehead atoms. The van der Waals surface area contributed by atoms with Crippen molar-refractivity contribution < 1.29 is 19.5 Å². The summed E-state index contributed by atoms with van der Waals surface area (Å²) in [6, 6.07) is 5.56. The molecule has 0 saturated carbocycles. The van der Waals surface area contributed by atoms with E-state index >= 15 is 0 Å². The Balaban J connectivity index is 2.07. The summed E-state index contributed by atoms with van der Waals surface area (Å²) < 4.78 is 0. The number of phenolic OH excluding ortho intramolecular Hbond substituents is 1. The molecule has 1 aromatic rings. The number of amides is 3. The largest absolute Gasteiger partial charge is 0.508 e. The summed E-state index contributed by atoms with van der Waals surface area (Å²) in [5, 5.41) is 24.9. The van der Waals surface area contributed by atoms with Gasteiger partial charge < -0.3 is 43.2 Å². The average Bonchev–Trinajstić information content (AvgIpc) is 2.93. The molecule has 0 aliphatic carbocycles. The second-order valence-electron chi connectivity index (χ2n) is 10.1. The topological polar surface area (TPSA) is 184 Å². The van der Waals surface area contributed by atoms with E-state index in [2.05, 4.69) is 26.6 Å². The Morgan fingerprint density at radius 1 is 0.800 bits per heavy atom. The minimum Gasteiger partial charge on any atom is -0.508 e. The van der Waals surface area contributed by atoms with E-state index < -0.39 is 12.1 Å². The zero-order chi connectivity index (χ0) is 29.4. The molecule has 11 heteroatoms. The summed E-state index contributed by atoms with van der Waals surface area (Å²) in [7, 11) is 0. The zero-order valence-electron chi connectivity index (χ0n) is 24.3. The van der Waals surface area contributed by atoms with E-state index in [1.165, 1.54) is 0 Å². The maximum atomic E-state index is 12.7. The van der Waals surface area contributed by atoms with Crippen LogP contribution in [0, 0.1) is 0 Å². The van der Waals surface area contributed by atoms with Gasteiger partial charge in [-0.1, -0.05) is 25.5 Å². The molecule has 2 atom stereocenters. The van der Waals surface area contributed by atoms with E-state index in [4.69, 9.17) is 11.5 Å². The summed E-state index contributed by atoms with van der Waals surface area (Å²) in [6.07, 6.45) is 7.66. The number of benzene rings is 1. The third-order valence-electron chi connectivity index (χ3n) is 6.43. The molecule has 1 aromatic carbocycles. The first-order chi connectivity index (χ1) is 19.4. The Kier molecular flexibility index (Phi) is 20.3. The monoisotopic (exact) mass is 563 g/mol. The highest BCUT2D eigenvalue weighted by molar-refractivity contribution is 5.87. The lowest BCUT2D eigenvalue weighted by Gasteiger charge is -2.19. The highest BCUT2D eigenvalue weighted by atomic mass is 16.3. The van der Waals surface area contributed by atoms with Crippen molar-refractivity contribution in [1.82, 2.24) is 26.6 Å². The number of unbranched alkanes of at least 4 members (excludes halogenated alkanes) is 2. The molecule has 2 unspecified atom stereocenters. The average molecular weight is 564 g/mol. The van der Waals surface area contributed by atoms with Crippen LogP contribution in [0.3, 0.4) is 0 Å². The highest BCUT2D eigenvalue weighted by Crippen LogP contribution is 2.11. The third kappa shape index (κ3) is 17.8. The van der Waals surface area contributed by atoms with Crippen molar-refractivity contribution in [3.05, 3.63) is 29.8 Å². The number of carbonyl (C=O) groups excluding carboxylic acids is 3. The van der Waals surface area contributed by atoms with Crippen molar-refractivity contribution in [2.45, 2.75) is 83.2 Å². The first-order valence-corrected chi connectivity index (χ1v) is 14.9. The van der Waals surface area contributed by atoms with Crippen molar-refractivity contribution in [3.63, 3.8) is 0 Å². The van der Waals surface area contributed by atoms with Gasteiger partial charge >= 0.3 is 0 Å². The maximum Gasteiger partial charge on any atom is 0.242 e. The molecule has 0 saturated heterocycles. The van der Waals surface area contributed by atoms with Gasteiger partial charge in [-0.05, 0) is 95.4 Å². The van der Waals surface area contributed by atoms with Crippen LogP contribution >= 0.6 is 0 Å². The van der Waals surface area contributed by atoms with Gasteiger partial charge in [0.2, 0.25) is 17.7 Å². The van der Waals surface area contributed by atoms with Gasteiger partial charge in [-0.3, -0.25) is 14.4 Å². The van der Waals surface area contributed by atoms with Crippen molar-refractivity contribution in [3.8, 4) is 5.75 Å². The molecule has 0 aliphatic rings. The summed E-state index contributed by atoms with van der Waals surface area (Å²) in [6.45, 7) is 7.18. The minimum atomic E-state index is -0.649. The summed E-state index contributed by atoms with van der Waals surface area (Å²) >= 11 is 0. The van der Waals surface area contributed by atoms with Gasteiger partial charge in [-0.25, -0.2) is 0 Å². The molecule has 0 radical (unpaired) electrons. The zero-order valence-corrected chi connectivity index (χ0v) is 24.3. The SMILES string of the molecule is CCCC(=O)NC(Cc1ccc(O)cc1)C(=O)NCCCNCCCCNCCCNC(=O)C(N)CCCCN. The van der Waals surface area contributed by atoms with Crippen molar-refractivity contribution >= 4 is 17.7 Å². The fourth-order valence-electron chi connectivity index (χ4n) is 4.06. The molecule has 228 valence electrons. The van der Waals surface area contributed by atoms with E-state index in [0.29, 0.717) is 45.3 Å². The van der Waals surface area contributed by atoms with Crippen LogP contribution in [0.25, 0.3) is 0 Å². The van der Waals surface area contributed by atoms with E-state index in [1.54, 1.807) is 24.3 Å². The van der Waals surface area contributed by atoms with Crippen LogP contribution in [-0.4, -0.2) is 80.7 Å². The second kappa shape index (κ2) is 23.0. The van der Waals surface area contributed by atoms with Crippen LogP contribution in [0.1, 0.15) is 70.3 Å². The van der Waals surface area contributed by atoms with Gasteiger partial charge in [0, 0.05) is 25.9 Å². The Bertz CT molecular complexity index is 823. The van der Waals surface area contributed by atoms with Gasteiger partial charge in [0.1, 0.15) is 11.8 Å². The van der Waals surface area contributed by atoms with Gasteiger partial charge in [0.05, 0.1) is 6.04 Å². The number of carbonyl (C=O) groups is 3. The van der Waals surface area contributed by atoms with Gasteiger partial charge in [-0.15, -0.1) is 0 Å². The van der Waals surface area contributed by atoms with Crippen LogP contribution in [0.2, 0.25) is 0 Å². The number of rotatable bonds is 24. The first-order valence-electron chi connectivity index (χ1n) is 14.9. The van der Waals surface area contributed by atoms with Gasteiger partial charge in [0.25, 0.3) is 0 Å². The third-order valence-corrected chi connectivity index (χ3v) is 6.43. The second-order valence-corrected chi connectivity index (χ2v) is 10.1. The fourth-order valence-corrected chi connectivity index (χ4v) is 4.06. The Labute approximate surface area is 240 Å². The Hall–Kier alpha value is -2.73. The Morgan fingerprint density at radius 3 is 1.95 bits per heavy atom. The molecule has 10 N–H and O–H groups in total. The van der Waals surface area contributed by atoms with Crippen molar-refractivity contribution in [1.29, 1.82) is 0 Å². The molecule has 11 nitrogen and oxygen atoms in total. The molecule has 3 amide bonds. The fraction of sp³-hybridized carbons (Fsp3) is 0.690. The van der Waals surface area contributed by atoms with E-state index in [-0.39, 0.29) is 23.5 Å². The van der Waals surface area contributed by atoms with Crippen molar-refractivity contribution in [2.24, 2.45) is 11.5 Å². The standard InChI is InChI=1S/C29H53N7O4/c1-2-9-27(38)36-26(22-23-11-13-24(37)14-12-23)29(40)35-21-8-19-33-17-6-5-16-32-18-7-20-34-28(39)25(31)10-3-4-15-30/h11-14,25-26,32-33,37H,2-10,15-22,30-31H2,1H3,(H,34,39)(H,35,40)(H,36,38). The quantitative estimate of drug-likeness (QED) is 0.0843. The van der Waals surface area contributed by atoms with Crippen LogP contribution in [-0.2, 0) is 20.8 Å². The number of hydrogen-bond acceptors (Lipinski definition) is 8. The van der Waals surface area contributed by atoms with E-state index in [0.717, 1.165) is 70.3 Å². The molecule has 0 fully saturated rings. The number of aromatic hydroxyl groups is 1. The summed E-state index contributed by atoms with van der Waals surface area (Å²) in [4.78, 5) is 36.7. The predicted molar refractivity (Wildman–Crippen MR) is 160 cm³/mol. The smallest absolute Gasteiger partial charge is 0.242 e. The van der Waals surface area contributed by atoms with Crippen LogP contribution in [0.15, 0.2) is 24.3 Å². The number of hydrogen-bond donors (Lipinski definition) is 8. The Morgan fingerprint density at radius 2 is 1.38 bits per heavy atom. The van der Waals surface area contributed by atoms with Crippen molar-refractivity contribution in [2.75, 3.05) is 45.8 Å². The van der Waals surface area contributed by atoms with E-state index in [1.807, 2.05) is 6.92 Å². The summed E-state index contributed by atoms with van der Waals surface area (Å²) in [5.41, 5.74) is 12.2. The lowest BCUT2D eigenvalue weighted by Crippen LogP contribution is -2.48. The maximum absolute atomic E-state index is 12.7. The molecule has 0 aliphatic heterocycles. The molecule has 0 heterocycles. The number of phenols is 1. The molecule has 0 spiro atoms. The lowest BCUT2D eigenvalue weighted by atomic mass is 10.0. The van der Waals surface area contributed by atoms with Gasteiger partial charge in [-0.2, -0.15) is 0 Å². The highest BCUT2D eigenvalue weighted by Gasteiger charge is 2.20. The molecular formula is C29H53N7O4. The van der Waals surface area contributed by atoms with Crippen LogP contribution in [0.4, 0.5) is 0 Å². The van der Waals surface area contributed by atoms with Gasteiger partial charge in [0.15, 0.2) is 0 Å². The number of nitrogens with two attached hydrogens (primary N) is 2. The molecule has 40 heavy (non-hydrogen) atoms. The number of nitrogens with one attached hydrogen (secondary N) is 5. The normalized spacial score (nSPS) is 12.5. The van der Waals surface area contributed by atoms with E-state index in [9.17, 15) is 19.5 Å². The van der Waals surface area contributed by atoms with Crippen LogP contribution in [0.5, 0.6) is 5.75 Å². The summed E-state index contributed by atoms with van der Waals surface area (Å²) in [5.74, 6) is -0.264. The first kappa shape index (κ1) is 35.3. The predicted octanol–water partition coefficient (Wildman–Crippen LogP) is 0.648. The minimum absolute atomic E-state index is 0.0877.